The molecule has 1 aliphatic heterocycles. The second kappa shape index (κ2) is 10.6. The van der Waals surface area contributed by atoms with E-state index in [1.54, 1.807) is 0 Å². The van der Waals surface area contributed by atoms with Gasteiger partial charge < -0.3 is 14.9 Å². The number of nitrogens with zero attached hydrogens (tertiary/aromatic N) is 1. The molecule has 0 saturated carbocycles. The smallest absolute Gasteiger partial charge is 0.123 e. The number of piperidine rings is 1. The second-order valence-corrected chi connectivity index (χ2v) is 7.99. The van der Waals surface area contributed by atoms with Crippen molar-refractivity contribution in [1.29, 1.82) is 0 Å². The number of aliphatic hydroxyl groups excluding tert-OH is 2. The minimum atomic E-state index is -0.00602. The molecule has 2 aromatic rings. The van der Waals surface area contributed by atoms with E-state index in [0.717, 1.165) is 63.1 Å². The van der Waals surface area contributed by atoms with Crippen LogP contribution in [0.15, 0.2) is 54.6 Å². The lowest BCUT2D eigenvalue weighted by Gasteiger charge is -2.42. The minimum absolute atomic E-state index is 0.00602. The Morgan fingerprint density at radius 1 is 1.00 bits per heavy atom. The Bertz CT molecular complexity index is 706. The van der Waals surface area contributed by atoms with Gasteiger partial charge in [-0.25, -0.2) is 0 Å². The zero-order chi connectivity index (χ0) is 19.7. The van der Waals surface area contributed by atoms with Gasteiger partial charge in [-0.05, 0) is 50.3 Å². The van der Waals surface area contributed by atoms with Gasteiger partial charge in [-0.15, -0.1) is 0 Å². The van der Waals surface area contributed by atoms with Crippen molar-refractivity contribution in [2.24, 2.45) is 5.41 Å². The second-order valence-electron chi connectivity index (χ2n) is 7.99. The summed E-state index contributed by atoms with van der Waals surface area (Å²) < 4.78 is 5.69. The Labute approximate surface area is 168 Å². The molecule has 152 valence electrons. The van der Waals surface area contributed by atoms with E-state index in [1.807, 2.05) is 18.2 Å². The summed E-state index contributed by atoms with van der Waals surface area (Å²) in [5.41, 5.74) is 2.51. The third-order valence-corrected chi connectivity index (χ3v) is 5.81. The largest absolute Gasteiger partial charge is 0.491 e. The Morgan fingerprint density at radius 2 is 1.79 bits per heavy atom. The highest BCUT2D eigenvalue weighted by Gasteiger charge is 2.34. The topological polar surface area (TPSA) is 52.9 Å². The quantitative estimate of drug-likeness (QED) is 0.657. The van der Waals surface area contributed by atoms with Crippen LogP contribution in [-0.4, -0.2) is 48.0 Å². The van der Waals surface area contributed by atoms with Gasteiger partial charge in [-0.1, -0.05) is 48.5 Å². The fourth-order valence-corrected chi connectivity index (χ4v) is 4.34. The molecule has 1 fully saturated rings. The van der Waals surface area contributed by atoms with Crippen LogP contribution in [0, 0.1) is 5.41 Å². The number of likely N-dealkylation sites (tertiary alicyclic amines) is 1. The highest BCUT2D eigenvalue weighted by Crippen LogP contribution is 2.36. The van der Waals surface area contributed by atoms with Crippen molar-refractivity contribution in [1.82, 2.24) is 4.90 Å². The average molecular weight is 384 g/mol. The lowest BCUT2D eigenvalue weighted by molar-refractivity contribution is 0.0204. The van der Waals surface area contributed by atoms with Gasteiger partial charge in [0.25, 0.3) is 0 Å². The van der Waals surface area contributed by atoms with E-state index in [1.165, 1.54) is 5.56 Å². The molecule has 4 nitrogen and oxygen atoms in total. The number of aliphatic hydroxyl groups is 2. The fraction of sp³-hybridized carbons (Fsp3) is 0.500. The molecule has 0 amide bonds. The molecule has 1 atom stereocenters. The van der Waals surface area contributed by atoms with E-state index in [0.29, 0.717) is 6.61 Å². The molecule has 1 aliphatic rings. The predicted octanol–water partition coefficient (Wildman–Crippen LogP) is 3.66. The summed E-state index contributed by atoms with van der Waals surface area (Å²) >= 11 is 0. The zero-order valence-electron chi connectivity index (χ0n) is 16.7. The maximum atomic E-state index is 10.2. The molecule has 4 heteroatoms. The molecule has 0 unspecified atom stereocenters. The molecule has 0 bridgehead atoms. The Kier molecular flexibility index (Phi) is 7.90. The van der Waals surface area contributed by atoms with Gasteiger partial charge in [0.05, 0.1) is 6.61 Å². The summed E-state index contributed by atoms with van der Waals surface area (Å²) in [6.07, 6.45) is 5.44. The van der Waals surface area contributed by atoms with Crippen LogP contribution in [0.1, 0.15) is 36.8 Å². The van der Waals surface area contributed by atoms with Crippen molar-refractivity contribution in [3.63, 3.8) is 0 Å². The highest BCUT2D eigenvalue weighted by atomic mass is 16.5. The first-order chi connectivity index (χ1) is 13.7. The zero-order valence-corrected chi connectivity index (χ0v) is 16.7. The minimum Gasteiger partial charge on any atom is -0.491 e. The van der Waals surface area contributed by atoms with Gasteiger partial charge in [0, 0.05) is 30.7 Å². The van der Waals surface area contributed by atoms with Gasteiger partial charge in [0.1, 0.15) is 12.4 Å². The van der Waals surface area contributed by atoms with Crippen molar-refractivity contribution in [3.8, 4) is 5.75 Å². The van der Waals surface area contributed by atoms with E-state index in [2.05, 4.69) is 41.3 Å². The maximum Gasteiger partial charge on any atom is 0.123 e. The van der Waals surface area contributed by atoms with E-state index in [-0.39, 0.29) is 18.6 Å². The monoisotopic (exact) mass is 383 g/mol. The molecule has 0 aliphatic carbocycles. The summed E-state index contributed by atoms with van der Waals surface area (Å²) in [6.45, 7) is 3.38. The molecule has 28 heavy (non-hydrogen) atoms. The third kappa shape index (κ3) is 5.81. The first-order valence-electron chi connectivity index (χ1n) is 10.4. The van der Waals surface area contributed by atoms with Crippen molar-refractivity contribution in [2.75, 3.05) is 32.9 Å². The Hall–Kier alpha value is -1.88. The van der Waals surface area contributed by atoms with E-state index in [4.69, 9.17) is 9.84 Å². The molecule has 0 spiro atoms. The van der Waals surface area contributed by atoms with Crippen molar-refractivity contribution >= 4 is 0 Å². The standard InChI is InChI=1S/C24H33NO3/c26-16-17-28-23-12-5-4-11-22(23)18-25-15-7-14-24(19-25,20-27)13-6-10-21-8-2-1-3-9-21/h1-5,8-9,11-12,26-27H,6-7,10,13-20H2/t24-/m0/s1. The van der Waals surface area contributed by atoms with Crippen LogP contribution in [0.3, 0.4) is 0 Å². The molecular formula is C24H33NO3. The summed E-state index contributed by atoms with van der Waals surface area (Å²) in [5.74, 6) is 0.848. The normalized spacial score (nSPS) is 20.2. The van der Waals surface area contributed by atoms with E-state index < -0.39 is 0 Å². The summed E-state index contributed by atoms with van der Waals surface area (Å²) in [4.78, 5) is 2.45. The Morgan fingerprint density at radius 3 is 2.57 bits per heavy atom. The molecule has 1 saturated heterocycles. The molecule has 2 aromatic carbocycles. The molecule has 3 rings (SSSR count). The maximum absolute atomic E-state index is 10.2. The number of para-hydroxylation sites is 1. The van der Waals surface area contributed by atoms with Gasteiger partial charge in [-0.2, -0.15) is 0 Å². The van der Waals surface area contributed by atoms with Gasteiger partial charge >= 0.3 is 0 Å². The van der Waals surface area contributed by atoms with Crippen LogP contribution in [-0.2, 0) is 13.0 Å². The fourth-order valence-electron chi connectivity index (χ4n) is 4.34. The number of hydrogen-bond acceptors (Lipinski definition) is 4. The lowest BCUT2D eigenvalue weighted by Crippen LogP contribution is -2.45. The van der Waals surface area contributed by atoms with Crippen LogP contribution >= 0.6 is 0 Å². The summed E-state index contributed by atoms with van der Waals surface area (Å²) in [5, 5.41) is 19.3. The van der Waals surface area contributed by atoms with Crippen molar-refractivity contribution in [2.45, 2.75) is 38.6 Å². The van der Waals surface area contributed by atoms with Crippen LogP contribution in [0.5, 0.6) is 5.75 Å². The Balaban J connectivity index is 1.58. The number of aryl methyl sites for hydroxylation is 1. The van der Waals surface area contributed by atoms with E-state index in [9.17, 15) is 5.11 Å². The number of benzene rings is 2. The lowest BCUT2D eigenvalue weighted by atomic mass is 9.76. The number of hydrogen-bond donors (Lipinski definition) is 2. The number of rotatable bonds is 10. The average Bonchev–Trinajstić information content (AvgIpc) is 2.74. The molecular weight excluding hydrogens is 350 g/mol. The van der Waals surface area contributed by atoms with E-state index >= 15 is 0 Å². The predicted molar refractivity (Wildman–Crippen MR) is 112 cm³/mol. The van der Waals surface area contributed by atoms with Crippen molar-refractivity contribution < 1.29 is 14.9 Å². The van der Waals surface area contributed by atoms with Gasteiger partial charge in [0.15, 0.2) is 0 Å². The third-order valence-electron chi connectivity index (χ3n) is 5.81. The van der Waals surface area contributed by atoms with Gasteiger partial charge in [-0.3, -0.25) is 4.90 Å². The van der Waals surface area contributed by atoms with Gasteiger partial charge in [0.2, 0.25) is 0 Å². The SMILES string of the molecule is OCCOc1ccccc1CN1CCC[C@@](CO)(CCCc2ccccc2)C1. The highest BCUT2D eigenvalue weighted by molar-refractivity contribution is 5.33. The summed E-state index contributed by atoms with van der Waals surface area (Å²) in [6, 6.07) is 18.7. The molecule has 0 radical (unpaired) electrons. The molecule has 2 N–H and O–H groups in total. The molecule has 1 heterocycles. The summed E-state index contributed by atoms with van der Waals surface area (Å²) in [7, 11) is 0. The first kappa shape index (κ1) is 20.8. The van der Waals surface area contributed by atoms with Crippen molar-refractivity contribution in [3.05, 3.63) is 65.7 Å². The van der Waals surface area contributed by atoms with Crippen LogP contribution in [0.2, 0.25) is 0 Å². The first-order valence-corrected chi connectivity index (χ1v) is 10.4. The van der Waals surface area contributed by atoms with Crippen LogP contribution < -0.4 is 4.74 Å². The van der Waals surface area contributed by atoms with Crippen LogP contribution in [0.4, 0.5) is 0 Å². The number of ether oxygens (including phenoxy) is 1. The van der Waals surface area contributed by atoms with Crippen LogP contribution in [0.25, 0.3) is 0 Å². The molecule has 0 aromatic heterocycles.